The highest BCUT2D eigenvalue weighted by molar-refractivity contribution is 5.97. The van der Waals surface area contributed by atoms with E-state index >= 15 is 0 Å². The molecule has 0 bridgehead atoms. The lowest BCUT2D eigenvalue weighted by molar-refractivity contribution is -0.0155. The molecule has 2 aliphatic rings. The second-order valence-corrected chi connectivity index (χ2v) is 8.97. The Balaban J connectivity index is 1.56. The molecule has 0 spiro atoms. The molecule has 1 saturated heterocycles. The van der Waals surface area contributed by atoms with E-state index in [0.717, 1.165) is 58.3 Å². The summed E-state index contributed by atoms with van der Waals surface area (Å²) in [5, 5.41) is 0. The number of rotatable bonds is 3. The first-order valence-corrected chi connectivity index (χ1v) is 11.8. The van der Waals surface area contributed by atoms with Crippen LogP contribution in [-0.2, 0) is 11.3 Å². The van der Waals surface area contributed by atoms with Gasteiger partial charge in [-0.25, -0.2) is 0 Å². The van der Waals surface area contributed by atoms with Crippen molar-refractivity contribution in [1.29, 1.82) is 0 Å². The number of amides is 1. The number of piperidine rings is 1. The van der Waals surface area contributed by atoms with E-state index in [1.807, 2.05) is 41.6 Å². The standard InChI is InChI=1S/C26H35N3O3/c1-20-16-21(18-27-17-20)19-28-12-6-5-9-23-25(31-2)11-7-13-29(23)26(30)22-8-3-4-10-24(22)32-15-14-28/h3-4,8,10,16-18,23,25H,5-7,9,11-15,19H2,1-2H3/t23-,25-/m0/s1. The Morgan fingerprint density at radius 1 is 1.09 bits per heavy atom. The van der Waals surface area contributed by atoms with Crippen molar-refractivity contribution in [3.8, 4) is 5.75 Å². The zero-order valence-corrected chi connectivity index (χ0v) is 19.3. The topological polar surface area (TPSA) is 54.9 Å². The van der Waals surface area contributed by atoms with Gasteiger partial charge in [0.25, 0.3) is 5.91 Å². The third-order valence-electron chi connectivity index (χ3n) is 6.63. The Labute approximate surface area is 191 Å². The molecule has 2 atom stereocenters. The summed E-state index contributed by atoms with van der Waals surface area (Å²) in [5.41, 5.74) is 3.06. The number of benzene rings is 1. The molecule has 2 aromatic rings. The number of carbonyl (C=O) groups excluding carboxylic acids is 1. The van der Waals surface area contributed by atoms with E-state index in [4.69, 9.17) is 9.47 Å². The molecule has 6 heteroatoms. The van der Waals surface area contributed by atoms with Crippen LogP contribution in [0.15, 0.2) is 42.7 Å². The number of ether oxygens (including phenoxy) is 2. The van der Waals surface area contributed by atoms with Gasteiger partial charge >= 0.3 is 0 Å². The molecular weight excluding hydrogens is 402 g/mol. The van der Waals surface area contributed by atoms with Gasteiger partial charge in [-0.15, -0.1) is 0 Å². The Hall–Kier alpha value is -2.44. The Morgan fingerprint density at radius 3 is 2.81 bits per heavy atom. The lowest BCUT2D eigenvalue weighted by Crippen LogP contribution is -2.51. The average Bonchev–Trinajstić information content (AvgIpc) is 2.82. The van der Waals surface area contributed by atoms with Crippen LogP contribution < -0.4 is 4.74 Å². The lowest BCUT2D eigenvalue weighted by Gasteiger charge is -2.41. The predicted molar refractivity (Wildman–Crippen MR) is 125 cm³/mol. The van der Waals surface area contributed by atoms with Crippen molar-refractivity contribution in [3.05, 3.63) is 59.4 Å². The minimum Gasteiger partial charge on any atom is -0.491 e. The van der Waals surface area contributed by atoms with Crippen LogP contribution in [0.4, 0.5) is 0 Å². The van der Waals surface area contributed by atoms with Crippen LogP contribution in [0.1, 0.15) is 53.6 Å². The van der Waals surface area contributed by atoms with Crippen LogP contribution in [0.25, 0.3) is 0 Å². The molecule has 1 fully saturated rings. The SMILES string of the molecule is CO[C@H]1CCCN2C(=O)c3ccccc3OCCN(Cc3cncc(C)c3)CCCC[C@@H]12. The third kappa shape index (κ3) is 5.48. The molecule has 32 heavy (non-hydrogen) atoms. The van der Waals surface area contributed by atoms with E-state index < -0.39 is 0 Å². The fourth-order valence-corrected chi connectivity index (χ4v) is 5.02. The fraction of sp³-hybridized carbons (Fsp3) is 0.538. The third-order valence-corrected chi connectivity index (χ3v) is 6.63. The van der Waals surface area contributed by atoms with E-state index in [9.17, 15) is 4.79 Å². The monoisotopic (exact) mass is 437 g/mol. The maximum atomic E-state index is 13.5. The largest absolute Gasteiger partial charge is 0.491 e. The number of carbonyl (C=O) groups is 1. The number of aryl methyl sites for hydroxylation is 1. The van der Waals surface area contributed by atoms with E-state index in [-0.39, 0.29) is 18.1 Å². The molecule has 1 amide bonds. The summed E-state index contributed by atoms with van der Waals surface area (Å²) in [6.45, 7) is 6.07. The van der Waals surface area contributed by atoms with Crippen molar-refractivity contribution in [2.24, 2.45) is 0 Å². The quantitative estimate of drug-likeness (QED) is 0.724. The highest BCUT2D eigenvalue weighted by Crippen LogP contribution is 2.29. The first-order chi connectivity index (χ1) is 15.7. The second kappa shape index (κ2) is 10.9. The maximum absolute atomic E-state index is 13.5. The lowest BCUT2D eigenvalue weighted by atomic mass is 9.93. The minimum absolute atomic E-state index is 0.0642. The molecule has 0 radical (unpaired) electrons. The van der Waals surface area contributed by atoms with Crippen molar-refractivity contribution < 1.29 is 14.3 Å². The van der Waals surface area contributed by atoms with Crippen LogP contribution >= 0.6 is 0 Å². The van der Waals surface area contributed by atoms with E-state index in [2.05, 4.69) is 22.9 Å². The van der Waals surface area contributed by atoms with Crippen LogP contribution in [-0.4, -0.2) is 66.2 Å². The number of methoxy groups -OCH3 is 1. The van der Waals surface area contributed by atoms with E-state index in [1.54, 1.807) is 7.11 Å². The summed E-state index contributed by atoms with van der Waals surface area (Å²) in [4.78, 5) is 22.4. The highest BCUT2D eigenvalue weighted by atomic mass is 16.5. The molecule has 0 aliphatic carbocycles. The molecule has 1 aromatic heterocycles. The Bertz CT molecular complexity index is 903. The molecule has 3 heterocycles. The number of nitrogens with zero attached hydrogens (tertiary/aromatic N) is 3. The van der Waals surface area contributed by atoms with Gasteiger partial charge in [0.15, 0.2) is 0 Å². The summed E-state index contributed by atoms with van der Waals surface area (Å²) in [5.74, 6) is 0.737. The summed E-state index contributed by atoms with van der Waals surface area (Å²) in [6.07, 6.45) is 9.04. The van der Waals surface area contributed by atoms with Gasteiger partial charge < -0.3 is 14.4 Å². The molecule has 2 aliphatic heterocycles. The zero-order chi connectivity index (χ0) is 22.3. The van der Waals surface area contributed by atoms with Gasteiger partial charge in [-0.05, 0) is 62.4 Å². The van der Waals surface area contributed by atoms with Crippen molar-refractivity contribution in [2.45, 2.75) is 57.7 Å². The van der Waals surface area contributed by atoms with E-state index in [0.29, 0.717) is 17.9 Å². The van der Waals surface area contributed by atoms with Crippen LogP contribution in [0.5, 0.6) is 5.75 Å². The van der Waals surface area contributed by atoms with Gasteiger partial charge in [0.05, 0.1) is 17.7 Å². The molecule has 6 nitrogen and oxygen atoms in total. The number of pyridine rings is 1. The van der Waals surface area contributed by atoms with Crippen LogP contribution in [0.2, 0.25) is 0 Å². The summed E-state index contributed by atoms with van der Waals surface area (Å²) in [7, 11) is 1.77. The normalized spacial score (nSPS) is 23.2. The fourth-order valence-electron chi connectivity index (χ4n) is 5.02. The van der Waals surface area contributed by atoms with Gasteiger partial charge in [-0.3, -0.25) is 14.7 Å². The highest BCUT2D eigenvalue weighted by Gasteiger charge is 2.35. The van der Waals surface area contributed by atoms with Crippen molar-refractivity contribution in [1.82, 2.24) is 14.8 Å². The number of hydrogen-bond donors (Lipinski definition) is 0. The molecular formula is C26H35N3O3. The van der Waals surface area contributed by atoms with Crippen molar-refractivity contribution in [3.63, 3.8) is 0 Å². The molecule has 0 saturated carbocycles. The van der Waals surface area contributed by atoms with Crippen molar-refractivity contribution >= 4 is 5.91 Å². The molecule has 4 rings (SSSR count). The maximum Gasteiger partial charge on any atom is 0.257 e. The van der Waals surface area contributed by atoms with Gasteiger partial charge in [-0.2, -0.15) is 0 Å². The van der Waals surface area contributed by atoms with Crippen LogP contribution in [0, 0.1) is 6.92 Å². The zero-order valence-electron chi connectivity index (χ0n) is 19.3. The van der Waals surface area contributed by atoms with Crippen LogP contribution in [0.3, 0.4) is 0 Å². The number of fused-ring (bicyclic) bond motifs is 2. The molecule has 0 unspecified atom stereocenters. The van der Waals surface area contributed by atoms with Crippen molar-refractivity contribution in [2.75, 3.05) is 33.4 Å². The van der Waals surface area contributed by atoms with Gasteiger partial charge in [-0.1, -0.05) is 24.6 Å². The summed E-state index contributed by atoms with van der Waals surface area (Å²) < 4.78 is 12.0. The number of para-hydroxylation sites is 1. The Kier molecular flexibility index (Phi) is 7.76. The molecule has 172 valence electrons. The molecule has 0 N–H and O–H groups in total. The smallest absolute Gasteiger partial charge is 0.257 e. The van der Waals surface area contributed by atoms with Gasteiger partial charge in [0.1, 0.15) is 12.4 Å². The van der Waals surface area contributed by atoms with Gasteiger partial charge in [0.2, 0.25) is 0 Å². The first kappa shape index (κ1) is 22.7. The predicted octanol–water partition coefficient (Wildman–Crippen LogP) is 4.07. The summed E-state index contributed by atoms with van der Waals surface area (Å²) in [6, 6.07) is 9.97. The van der Waals surface area contributed by atoms with E-state index in [1.165, 1.54) is 11.1 Å². The second-order valence-electron chi connectivity index (χ2n) is 8.97. The summed E-state index contributed by atoms with van der Waals surface area (Å²) >= 11 is 0. The number of aromatic nitrogens is 1. The van der Waals surface area contributed by atoms with Gasteiger partial charge in [0, 0.05) is 39.1 Å². The molecule has 1 aromatic carbocycles. The number of hydrogen-bond acceptors (Lipinski definition) is 5. The first-order valence-electron chi connectivity index (χ1n) is 11.8. The minimum atomic E-state index is 0.0642. The average molecular weight is 438 g/mol. The Morgan fingerprint density at radius 2 is 1.97 bits per heavy atom.